The maximum Gasteiger partial charge on any atom is 0.323 e. The third-order valence-electron chi connectivity index (χ3n) is 5.55. The number of carbonyl (C=O) groups excluding carboxylic acids is 2. The number of carbonyl (C=O) groups is 2. The number of fused-ring (bicyclic) bond motifs is 2. The molecule has 0 aromatic rings. The van der Waals surface area contributed by atoms with Crippen molar-refractivity contribution in [2.24, 2.45) is 17.3 Å². The molecule has 2 bridgehead atoms. The number of rotatable bonds is 6. The van der Waals surface area contributed by atoms with Gasteiger partial charge in [-0.05, 0) is 36.9 Å². The highest BCUT2D eigenvalue weighted by Crippen LogP contribution is 2.54. The van der Waals surface area contributed by atoms with Crippen molar-refractivity contribution < 1.29 is 18.8 Å². The van der Waals surface area contributed by atoms with E-state index in [0.29, 0.717) is 12.3 Å². The van der Waals surface area contributed by atoms with Gasteiger partial charge in [0, 0.05) is 5.92 Å². The van der Waals surface area contributed by atoms with Crippen LogP contribution in [0.25, 0.3) is 0 Å². The van der Waals surface area contributed by atoms with Crippen LogP contribution in [0.5, 0.6) is 0 Å². The molecule has 0 spiro atoms. The summed E-state index contributed by atoms with van der Waals surface area (Å²) in [5.74, 6) is -0.499. The van der Waals surface area contributed by atoms with Gasteiger partial charge in [0.05, 0.1) is 7.11 Å². The summed E-state index contributed by atoms with van der Waals surface area (Å²) >= 11 is 0. The van der Waals surface area contributed by atoms with Crippen LogP contribution in [0.3, 0.4) is 0 Å². The second kappa shape index (κ2) is 5.95. The van der Waals surface area contributed by atoms with Crippen LogP contribution in [0.2, 0.25) is 18.1 Å². The number of ether oxygens (including phenoxy) is 1. The maximum atomic E-state index is 12.9. The summed E-state index contributed by atoms with van der Waals surface area (Å²) in [5.41, 5.74) is -1.09. The summed E-state index contributed by atoms with van der Waals surface area (Å²) in [6.07, 6.45) is 5.52. The minimum absolute atomic E-state index is 0.0558. The monoisotopic (exact) mass is 310 g/mol. The summed E-state index contributed by atoms with van der Waals surface area (Å²) in [7, 11) is -0.704. The average Bonchev–Trinajstić information content (AvgIpc) is 3.13. The summed E-state index contributed by atoms with van der Waals surface area (Å²) in [6.45, 7) is 6.24. The minimum Gasteiger partial charge on any atom is -0.518 e. The topological polar surface area (TPSA) is 52.6 Å². The summed E-state index contributed by atoms with van der Waals surface area (Å²) in [4.78, 5) is 25.3. The first kappa shape index (κ1) is 16.3. The molecule has 0 radical (unpaired) electrons. The SMILES string of the molecule is CC[Si](CC)(CC)OC(=O)C1(C(=O)OC)CC2C=CC1C2. The number of hydrogen-bond acceptors (Lipinski definition) is 4. The van der Waals surface area contributed by atoms with E-state index in [0.717, 1.165) is 24.6 Å². The van der Waals surface area contributed by atoms with Gasteiger partial charge in [-0.1, -0.05) is 32.9 Å². The van der Waals surface area contributed by atoms with Crippen LogP contribution in [0.15, 0.2) is 12.2 Å². The normalized spacial score (nSPS) is 30.5. The molecule has 21 heavy (non-hydrogen) atoms. The number of methoxy groups -OCH3 is 1. The van der Waals surface area contributed by atoms with Gasteiger partial charge in [0.25, 0.3) is 8.32 Å². The first-order valence-electron chi connectivity index (χ1n) is 7.98. The second-order valence-electron chi connectivity index (χ2n) is 6.29. The van der Waals surface area contributed by atoms with Crippen molar-refractivity contribution in [1.29, 1.82) is 0 Å². The van der Waals surface area contributed by atoms with E-state index in [2.05, 4.69) is 26.8 Å². The highest BCUT2D eigenvalue weighted by molar-refractivity contribution is 6.75. The lowest BCUT2D eigenvalue weighted by atomic mass is 9.76. The van der Waals surface area contributed by atoms with Crippen molar-refractivity contribution in [3.05, 3.63) is 12.2 Å². The zero-order valence-corrected chi connectivity index (χ0v) is 14.5. The number of hydrogen-bond donors (Lipinski definition) is 0. The summed E-state index contributed by atoms with van der Waals surface area (Å²) < 4.78 is 11.0. The van der Waals surface area contributed by atoms with Gasteiger partial charge < -0.3 is 9.16 Å². The standard InChI is InChI=1S/C16H26O4Si/c1-5-21(6-2,7-3)20-15(18)16(14(17)19-4)11-12-8-9-13(16)10-12/h8-9,12-13H,5-7,10-11H2,1-4H3. The zero-order valence-electron chi connectivity index (χ0n) is 13.5. The van der Waals surface area contributed by atoms with Crippen LogP contribution >= 0.6 is 0 Å². The van der Waals surface area contributed by atoms with E-state index in [-0.39, 0.29) is 11.9 Å². The van der Waals surface area contributed by atoms with Gasteiger partial charge in [-0.2, -0.15) is 0 Å². The second-order valence-corrected chi connectivity index (χ2v) is 11.0. The van der Waals surface area contributed by atoms with Gasteiger partial charge in [0.2, 0.25) is 0 Å². The fraction of sp³-hybridized carbons (Fsp3) is 0.750. The van der Waals surface area contributed by atoms with E-state index < -0.39 is 19.7 Å². The molecule has 5 heteroatoms. The molecule has 3 unspecified atom stereocenters. The predicted molar refractivity (Wildman–Crippen MR) is 83.1 cm³/mol. The zero-order chi connectivity index (χ0) is 15.7. The molecule has 0 aromatic heterocycles. The Hall–Kier alpha value is -1.10. The largest absolute Gasteiger partial charge is 0.518 e. The average molecular weight is 310 g/mol. The van der Waals surface area contributed by atoms with E-state index in [9.17, 15) is 9.59 Å². The molecule has 0 amide bonds. The molecular weight excluding hydrogens is 284 g/mol. The highest BCUT2D eigenvalue weighted by Gasteiger charge is 2.61. The molecule has 3 atom stereocenters. The van der Waals surface area contributed by atoms with Crippen LogP contribution in [-0.4, -0.2) is 27.4 Å². The Bertz CT molecular complexity index is 447. The minimum atomic E-state index is -2.06. The Morgan fingerprint density at radius 1 is 1.14 bits per heavy atom. The summed E-state index contributed by atoms with van der Waals surface area (Å²) in [5, 5.41) is 0. The number of allylic oxidation sites excluding steroid dienone is 2. The number of esters is 1. The Morgan fingerprint density at radius 2 is 1.76 bits per heavy atom. The van der Waals surface area contributed by atoms with E-state index >= 15 is 0 Å². The highest BCUT2D eigenvalue weighted by atomic mass is 28.4. The van der Waals surface area contributed by atoms with Crippen LogP contribution in [0, 0.1) is 17.3 Å². The smallest absolute Gasteiger partial charge is 0.323 e. The molecule has 118 valence electrons. The Labute approximate surface area is 128 Å². The van der Waals surface area contributed by atoms with Gasteiger partial charge in [-0.15, -0.1) is 0 Å². The van der Waals surface area contributed by atoms with Gasteiger partial charge in [-0.25, -0.2) is 0 Å². The first-order valence-corrected chi connectivity index (χ1v) is 10.5. The van der Waals surface area contributed by atoms with Crippen molar-refractivity contribution in [2.45, 2.75) is 51.7 Å². The van der Waals surface area contributed by atoms with Crippen molar-refractivity contribution in [3.63, 3.8) is 0 Å². The van der Waals surface area contributed by atoms with Crippen LogP contribution in [0.1, 0.15) is 33.6 Å². The molecule has 2 aliphatic rings. The van der Waals surface area contributed by atoms with Crippen LogP contribution in [-0.2, 0) is 18.8 Å². The third kappa shape index (κ3) is 2.45. The lowest BCUT2D eigenvalue weighted by Gasteiger charge is -2.36. The Kier molecular flexibility index (Phi) is 4.61. The maximum absolute atomic E-state index is 12.9. The Balaban J connectivity index is 2.29. The van der Waals surface area contributed by atoms with Crippen molar-refractivity contribution in [3.8, 4) is 0 Å². The fourth-order valence-corrected chi connectivity index (χ4v) is 6.35. The van der Waals surface area contributed by atoms with Gasteiger partial charge in [0.1, 0.15) is 0 Å². The molecule has 1 saturated carbocycles. The third-order valence-corrected chi connectivity index (χ3v) is 10.0. The molecular formula is C16H26O4Si. The summed E-state index contributed by atoms with van der Waals surface area (Å²) in [6, 6.07) is 2.69. The van der Waals surface area contributed by atoms with E-state index in [1.807, 2.05) is 6.08 Å². The van der Waals surface area contributed by atoms with E-state index in [1.165, 1.54) is 7.11 Å². The van der Waals surface area contributed by atoms with Gasteiger partial charge in [-0.3, -0.25) is 9.59 Å². The van der Waals surface area contributed by atoms with Gasteiger partial charge in [0.15, 0.2) is 5.41 Å². The van der Waals surface area contributed by atoms with Crippen LogP contribution < -0.4 is 0 Å². The molecule has 1 fully saturated rings. The quantitative estimate of drug-likeness (QED) is 0.327. The fourth-order valence-electron chi connectivity index (χ4n) is 3.85. The molecule has 4 nitrogen and oxygen atoms in total. The van der Waals surface area contributed by atoms with Crippen molar-refractivity contribution >= 4 is 20.3 Å². The van der Waals surface area contributed by atoms with Gasteiger partial charge >= 0.3 is 11.9 Å². The molecule has 0 saturated heterocycles. The van der Waals surface area contributed by atoms with Crippen molar-refractivity contribution in [1.82, 2.24) is 0 Å². The van der Waals surface area contributed by atoms with E-state index in [4.69, 9.17) is 9.16 Å². The molecule has 2 aliphatic carbocycles. The van der Waals surface area contributed by atoms with Crippen molar-refractivity contribution in [2.75, 3.05) is 7.11 Å². The Morgan fingerprint density at radius 3 is 2.14 bits per heavy atom. The van der Waals surface area contributed by atoms with Crippen LogP contribution in [0.4, 0.5) is 0 Å². The molecule has 0 aromatic carbocycles. The predicted octanol–water partition coefficient (Wildman–Crippen LogP) is 3.29. The molecule has 2 rings (SSSR count). The first-order chi connectivity index (χ1) is 9.97. The molecule has 0 N–H and O–H groups in total. The lowest BCUT2D eigenvalue weighted by Crippen LogP contribution is -2.50. The molecule has 0 heterocycles. The van der Waals surface area contributed by atoms with E-state index in [1.54, 1.807) is 0 Å². The molecule has 0 aliphatic heterocycles. The lowest BCUT2D eigenvalue weighted by molar-refractivity contribution is -0.168.